The summed E-state index contributed by atoms with van der Waals surface area (Å²) >= 11 is 0. The first-order valence-electron chi connectivity index (χ1n) is 9.58. The Kier molecular flexibility index (Phi) is 5.13. The van der Waals surface area contributed by atoms with Crippen molar-refractivity contribution in [1.29, 1.82) is 0 Å². The molecule has 0 aliphatic carbocycles. The van der Waals surface area contributed by atoms with Gasteiger partial charge in [0.2, 0.25) is 0 Å². The molecule has 30 heavy (non-hydrogen) atoms. The van der Waals surface area contributed by atoms with Crippen LogP contribution in [-0.2, 0) is 0 Å². The fraction of sp³-hybridized carbons (Fsp3) is 0.300. The number of carbonyl (C=O) groups excluding carboxylic acids is 1. The predicted molar refractivity (Wildman–Crippen MR) is 110 cm³/mol. The van der Waals surface area contributed by atoms with Crippen LogP contribution in [-0.4, -0.2) is 61.9 Å². The maximum Gasteiger partial charge on any atom is 0.269 e. The molecule has 1 saturated heterocycles. The molecule has 0 unspecified atom stereocenters. The summed E-state index contributed by atoms with van der Waals surface area (Å²) in [5.41, 5.74) is 2.34. The first-order chi connectivity index (χ1) is 14.4. The Bertz CT molecular complexity index is 1070. The number of nitrogens with zero attached hydrogens (tertiary/aromatic N) is 7. The lowest BCUT2D eigenvalue weighted by Crippen LogP contribution is -2.49. The smallest absolute Gasteiger partial charge is 0.269 e. The van der Waals surface area contributed by atoms with Crippen molar-refractivity contribution in [2.24, 2.45) is 0 Å². The fourth-order valence-electron chi connectivity index (χ4n) is 3.51. The Labute approximate surface area is 172 Å². The van der Waals surface area contributed by atoms with E-state index in [9.17, 15) is 14.9 Å². The second kappa shape index (κ2) is 7.90. The highest BCUT2D eigenvalue weighted by Gasteiger charge is 2.23. The zero-order valence-corrected chi connectivity index (χ0v) is 16.7. The number of rotatable bonds is 4. The molecule has 0 radical (unpaired) electrons. The Hall–Kier alpha value is -3.82. The topological polar surface area (TPSA) is 110 Å². The lowest BCUT2D eigenvalue weighted by Gasteiger charge is -2.35. The van der Waals surface area contributed by atoms with Gasteiger partial charge < -0.3 is 9.80 Å². The van der Waals surface area contributed by atoms with Gasteiger partial charge in [-0.2, -0.15) is 5.10 Å². The zero-order chi connectivity index (χ0) is 21.3. The molecule has 3 heterocycles. The molecule has 0 atom stereocenters. The Morgan fingerprint density at radius 1 is 0.967 bits per heavy atom. The number of aryl methyl sites for hydroxylation is 2. The van der Waals surface area contributed by atoms with Crippen molar-refractivity contribution >= 4 is 17.4 Å². The van der Waals surface area contributed by atoms with Gasteiger partial charge in [0, 0.05) is 49.6 Å². The number of benzene rings is 1. The van der Waals surface area contributed by atoms with Crippen LogP contribution in [0.15, 0.2) is 42.5 Å². The van der Waals surface area contributed by atoms with Crippen LogP contribution in [0.2, 0.25) is 0 Å². The normalized spacial score (nSPS) is 14.1. The molecule has 0 saturated carbocycles. The van der Waals surface area contributed by atoms with E-state index in [1.54, 1.807) is 9.58 Å². The molecule has 10 nitrogen and oxygen atoms in total. The van der Waals surface area contributed by atoms with Crippen molar-refractivity contribution in [3.05, 3.63) is 69.5 Å². The minimum Gasteiger partial charge on any atom is -0.352 e. The highest BCUT2D eigenvalue weighted by molar-refractivity contribution is 5.94. The standard InChI is InChI=1S/C20H21N7O3/c1-14-13-15(2)26(23-14)19-8-7-18(21-22-19)24-9-11-25(12-10-24)20(28)16-3-5-17(6-4-16)27(29)30/h3-8,13H,9-12H2,1-2H3. The quantitative estimate of drug-likeness (QED) is 0.481. The van der Waals surface area contributed by atoms with E-state index in [0.717, 1.165) is 17.2 Å². The molecule has 10 heteroatoms. The number of piperazine rings is 1. The summed E-state index contributed by atoms with van der Waals surface area (Å²) in [6, 6.07) is 11.5. The molecule has 154 valence electrons. The van der Waals surface area contributed by atoms with Gasteiger partial charge in [0.25, 0.3) is 11.6 Å². The van der Waals surface area contributed by atoms with Crippen LogP contribution in [0.1, 0.15) is 21.7 Å². The predicted octanol–water partition coefficient (Wildman–Crippen LogP) is 2.15. The summed E-state index contributed by atoms with van der Waals surface area (Å²) in [5, 5.41) is 23.8. The highest BCUT2D eigenvalue weighted by atomic mass is 16.6. The van der Waals surface area contributed by atoms with E-state index in [1.807, 2.05) is 32.0 Å². The number of nitro groups is 1. The molecule has 1 aliphatic heterocycles. The number of hydrogen-bond donors (Lipinski definition) is 0. The maximum absolute atomic E-state index is 12.7. The lowest BCUT2D eigenvalue weighted by molar-refractivity contribution is -0.384. The van der Waals surface area contributed by atoms with Crippen molar-refractivity contribution in [2.45, 2.75) is 13.8 Å². The monoisotopic (exact) mass is 407 g/mol. The molecule has 4 rings (SSSR count). The van der Waals surface area contributed by atoms with E-state index >= 15 is 0 Å². The molecule has 1 amide bonds. The molecule has 3 aromatic rings. The van der Waals surface area contributed by atoms with E-state index in [0.29, 0.717) is 37.6 Å². The Morgan fingerprint density at radius 2 is 1.60 bits per heavy atom. The van der Waals surface area contributed by atoms with Gasteiger partial charge in [-0.25, -0.2) is 4.68 Å². The van der Waals surface area contributed by atoms with Gasteiger partial charge in [0.15, 0.2) is 11.6 Å². The summed E-state index contributed by atoms with van der Waals surface area (Å²) < 4.78 is 1.76. The second-order valence-electron chi connectivity index (χ2n) is 7.17. The average Bonchev–Trinajstić information content (AvgIpc) is 3.11. The third-order valence-electron chi connectivity index (χ3n) is 5.08. The second-order valence-corrected chi connectivity index (χ2v) is 7.17. The van der Waals surface area contributed by atoms with Crippen molar-refractivity contribution < 1.29 is 9.72 Å². The lowest BCUT2D eigenvalue weighted by atomic mass is 10.1. The van der Waals surface area contributed by atoms with Crippen LogP contribution in [0.5, 0.6) is 0 Å². The summed E-state index contributed by atoms with van der Waals surface area (Å²) in [6.07, 6.45) is 0. The van der Waals surface area contributed by atoms with E-state index in [4.69, 9.17) is 0 Å². The Morgan fingerprint density at radius 3 is 2.13 bits per heavy atom. The van der Waals surface area contributed by atoms with Gasteiger partial charge >= 0.3 is 0 Å². The van der Waals surface area contributed by atoms with E-state index in [2.05, 4.69) is 20.2 Å². The fourth-order valence-corrected chi connectivity index (χ4v) is 3.51. The van der Waals surface area contributed by atoms with Crippen molar-refractivity contribution in [2.75, 3.05) is 31.1 Å². The average molecular weight is 407 g/mol. The summed E-state index contributed by atoms with van der Waals surface area (Å²) in [6.45, 7) is 6.24. The van der Waals surface area contributed by atoms with Crippen LogP contribution in [0.25, 0.3) is 5.82 Å². The van der Waals surface area contributed by atoms with Crippen LogP contribution in [0.4, 0.5) is 11.5 Å². The van der Waals surface area contributed by atoms with Crippen molar-refractivity contribution in [1.82, 2.24) is 24.9 Å². The van der Waals surface area contributed by atoms with Crippen LogP contribution in [0, 0.1) is 24.0 Å². The van der Waals surface area contributed by atoms with Crippen LogP contribution >= 0.6 is 0 Å². The minimum absolute atomic E-state index is 0.0288. The maximum atomic E-state index is 12.7. The molecular weight excluding hydrogens is 386 g/mol. The van der Waals surface area contributed by atoms with Gasteiger partial charge in [-0.15, -0.1) is 10.2 Å². The number of hydrogen-bond acceptors (Lipinski definition) is 7. The van der Waals surface area contributed by atoms with Gasteiger partial charge in [-0.1, -0.05) is 0 Å². The SMILES string of the molecule is Cc1cc(C)n(-c2ccc(N3CCN(C(=O)c4ccc([N+](=O)[O-])cc4)CC3)nn2)n1. The number of carbonyl (C=O) groups is 1. The molecule has 2 aromatic heterocycles. The van der Waals surface area contributed by atoms with Gasteiger partial charge in [-0.3, -0.25) is 14.9 Å². The molecular formula is C20H21N7O3. The third kappa shape index (κ3) is 3.84. The number of non-ortho nitro benzene ring substituents is 1. The third-order valence-corrected chi connectivity index (χ3v) is 5.08. The Balaban J connectivity index is 1.39. The molecule has 1 aliphatic rings. The first kappa shape index (κ1) is 19.5. The van der Waals surface area contributed by atoms with Crippen LogP contribution in [0.3, 0.4) is 0 Å². The zero-order valence-electron chi connectivity index (χ0n) is 16.7. The van der Waals surface area contributed by atoms with E-state index < -0.39 is 4.92 Å². The molecule has 0 spiro atoms. The summed E-state index contributed by atoms with van der Waals surface area (Å²) in [5.74, 6) is 1.29. The number of aromatic nitrogens is 4. The largest absolute Gasteiger partial charge is 0.352 e. The van der Waals surface area contributed by atoms with Gasteiger partial charge in [0.1, 0.15) is 0 Å². The van der Waals surface area contributed by atoms with Crippen LogP contribution < -0.4 is 4.90 Å². The van der Waals surface area contributed by atoms with E-state index in [1.165, 1.54) is 24.3 Å². The number of anilines is 1. The van der Waals surface area contributed by atoms with Gasteiger partial charge in [-0.05, 0) is 44.2 Å². The number of amides is 1. The van der Waals surface area contributed by atoms with Gasteiger partial charge in [0.05, 0.1) is 10.6 Å². The molecule has 1 fully saturated rings. The minimum atomic E-state index is -0.478. The van der Waals surface area contributed by atoms with E-state index in [-0.39, 0.29) is 11.6 Å². The first-order valence-corrected chi connectivity index (χ1v) is 9.58. The molecule has 1 aromatic carbocycles. The summed E-state index contributed by atoms with van der Waals surface area (Å²) in [4.78, 5) is 26.8. The molecule has 0 N–H and O–H groups in total. The summed E-state index contributed by atoms with van der Waals surface area (Å²) in [7, 11) is 0. The number of nitro benzene ring substituents is 1. The molecule has 0 bridgehead atoms. The van der Waals surface area contributed by atoms with Crippen molar-refractivity contribution in [3.63, 3.8) is 0 Å². The van der Waals surface area contributed by atoms with Crippen molar-refractivity contribution in [3.8, 4) is 5.82 Å². The highest BCUT2D eigenvalue weighted by Crippen LogP contribution is 2.18.